The van der Waals surface area contributed by atoms with E-state index >= 15 is 0 Å². The van der Waals surface area contributed by atoms with Gasteiger partial charge < -0.3 is 30.2 Å². The molecule has 3 N–H and O–H groups in total. The molecule has 0 unspecified atom stereocenters. The van der Waals surface area contributed by atoms with E-state index in [4.69, 9.17) is 14.2 Å². The Labute approximate surface area is 223 Å². The van der Waals surface area contributed by atoms with Crippen molar-refractivity contribution in [1.82, 2.24) is 10.2 Å². The molecule has 0 aliphatic carbocycles. The Morgan fingerprint density at radius 3 is 2.16 bits per heavy atom. The van der Waals surface area contributed by atoms with Crippen molar-refractivity contribution in [2.75, 3.05) is 38.0 Å². The maximum absolute atomic E-state index is 13.1. The number of methoxy groups -OCH3 is 2. The summed E-state index contributed by atoms with van der Waals surface area (Å²) in [6.45, 7) is 8.43. The zero-order chi connectivity index (χ0) is 27.8. The third-order valence-electron chi connectivity index (χ3n) is 5.92. The second-order valence-corrected chi connectivity index (χ2v) is 9.33. The number of allylic oxidation sites excluding steroid dienone is 1. The number of rotatable bonds is 10. The molecule has 10 heteroatoms. The molecule has 0 aromatic heterocycles. The van der Waals surface area contributed by atoms with Crippen LogP contribution in [0.25, 0.3) is 0 Å². The van der Waals surface area contributed by atoms with Gasteiger partial charge in [0.2, 0.25) is 0 Å². The number of ether oxygens (including phenoxy) is 3. The predicted molar refractivity (Wildman–Crippen MR) is 145 cm³/mol. The highest BCUT2D eigenvalue weighted by molar-refractivity contribution is 6.00. The van der Waals surface area contributed by atoms with E-state index in [0.29, 0.717) is 46.3 Å². The summed E-state index contributed by atoms with van der Waals surface area (Å²) in [5.41, 5.74) is 2.69. The Morgan fingerprint density at radius 1 is 1.00 bits per heavy atom. The van der Waals surface area contributed by atoms with E-state index in [0.717, 1.165) is 6.42 Å². The molecule has 0 fully saturated rings. The third-order valence-corrected chi connectivity index (χ3v) is 5.92. The number of nitrogens with zero attached hydrogens (tertiary/aromatic N) is 1. The SMILES string of the molecule is CCCN1C(=O)N[C@H](c2ccc(NC(=O)Nc3cc(OC)cc(OC)c3)cc2)C(C(=O)OCC(C)C)=C1C. The lowest BCUT2D eigenvalue weighted by Crippen LogP contribution is -2.48. The number of carbonyl (C=O) groups excluding carboxylic acids is 3. The molecule has 1 aliphatic rings. The number of nitrogens with one attached hydrogen (secondary N) is 3. The van der Waals surface area contributed by atoms with E-state index in [2.05, 4.69) is 16.0 Å². The van der Waals surface area contributed by atoms with Crippen molar-refractivity contribution in [2.24, 2.45) is 5.92 Å². The maximum Gasteiger partial charge on any atom is 0.338 e. The second-order valence-electron chi connectivity index (χ2n) is 9.33. The van der Waals surface area contributed by atoms with Crippen LogP contribution in [0.4, 0.5) is 21.0 Å². The van der Waals surface area contributed by atoms with E-state index in [1.54, 1.807) is 54.3 Å². The van der Waals surface area contributed by atoms with Gasteiger partial charge in [0.1, 0.15) is 11.5 Å². The van der Waals surface area contributed by atoms with E-state index in [9.17, 15) is 14.4 Å². The molecule has 10 nitrogen and oxygen atoms in total. The standard InChI is InChI=1S/C28H36N4O6/c1-7-12-32-18(4)24(26(33)38-16-17(2)3)25(31-28(32)35)19-8-10-20(11-9-19)29-27(34)30-21-13-22(36-5)15-23(14-21)37-6/h8-11,13-15,17,25H,7,12,16H2,1-6H3,(H,31,35)(H2,29,30,34)/t25-/m1/s1. The monoisotopic (exact) mass is 524 g/mol. The summed E-state index contributed by atoms with van der Waals surface area (Å²) < 4.78 is 16.0. The average Bonchev–Trinajstić information content (AvgIpc) is 2.89. The highest BCUT2D eigenvalue weighted by Crippen LogP contribution is 2.32. The van der Waals surface area contributed by atoms with Crippen LogP contribution in [0, 0.1) is 5.92 Å². The fourth-order valence-corrected chi connectivity index (χ4v) is 4.04. The molecule has 38 heavy (non-hydrogen) atoms. The smallest absolute Gasteiger partial charge is 0.338 e. The van der Waals surface area contributed by atoms with Crippen molar-refractivity contribution < 1.29 is 28.6 Å². The van der Waals surface area contributed by atoms with E-state index in [1.165, 1.54) is 14.2 Å². The fourth-order valence-electron chi connectivity index (χ4n) is 4.04. The van der Waals surface area contributed by atoms with Crippen LogP contribution in [0.2, 0.25) is 0 Å². The topological polar surface area (TPSA) is 118 Å². The summed E-state index contributed by atoms with van der Waals surface area (Å²) in [5.74, 6) is 0.805. The summed E-state index contributed by atoms with van der Waals surface area (Å²) in [5, 5.41) is 8.46. The van der Waals surface area contributed by atoms with Crippen LogP contribution >= 0.6 is 0 Å². The summed E-state index contributed by atoms with van der Waals surface area (Å²) >= 11 is 0. The van der Waals surface area contributed by atoms with Crippen molar-refractivity contribution in [2.45, 2.75) is 40.2 Å². The molecule has 0 bridgehead atoms. The zero-order valence-electron chi connectivity index (χ0n) is 22.7. The first-order valence-corrected chi connectivity index (χ1v) is 12.5. The minimum atomic E-state index is -0.678. The highest BCUT2D eigenvalue weighted by atomic mass is 16.5. The molecule has 4 amide bonds. The van der Waals surface area contributed by atoms with Crippen molar-refractivity contribution in [1.29, 1.82) is 0 Å². The Balaban J connectivity index is 1.79. The lowest BCUT2D eigenvalue weighted by Gasteiger charge is -2.35. The van der Waals surface area contributed by atoms with Crippen LogP contribution < -0.4 is 25.4 Å². The second kappa shape index (κ2) is 12.8. The Bertz CT molecular complexity index is 1170. The van der Waals surface area contributed by atoms with E-state index in [-0.39, 0.29) is 18.6 Å². The first-order chi connectivity index (χ1) is 18.2. The largest absolute Gasteiger partial charge is 0.497 e. The lowest BCUT2D eigenvalue weighted by atomic mass is 9.94. The predicted octanol–water partition coefficient (Wildman–Crippen LogP) is 5.30. The molecule has 2 aromatic rings. The highest BCUT2D eigenvalue weighted by Gasteiger charge is 2.36. The van der Waals surface area contributed by atoms with Crippen LogP contribution in [0.1, 0.15) is 45.7 Å². The van der Waals surface area contributed by atoms with Gasteiger partial charge in [-0.2, -0.15) is 0 Å². The van der Waals surface area contributed by atoms with Gasteiger partial charge in [0.15, 0.2) is 0 Å². The first-order valence-electron chi connectivity index (χ1n) is 12.5. The molecule has 1 aliphatic heterocycles. The van der Waals surface area contributed by atoms with Gasteiger partial charge in [0.05, 0.1) is 32.4 Å². The summed E-state index contributed by atoms with van der Waals surface area (Å²) in [7, 11) is 3.06. The number of hydrogen-bond acceptors (Lipinski definition) is 6. The minimum absolute atomic E-state index is 0.179. The van der Waals surface area contributed by atoms with Gasteiger partial charge in [-0.15, -0.1) is 0 Å². The number of esters is 1. The van der Waals surface area contributed by atoms with Gasteiger partial charge in [0, 0.05) is 41.8 Å². The average molecular weight is 525 g/mol. The molecular weight excluding hydrogens is 488 g/mol. The molecule has 1 atom stereocenters. The Kier molecular flexibility index (Phi) is 9.59. The van der Waals surface area contributed by atoms with Gasteiger partial charge in [-0.3, -0.25) is 4.90 Å². The number of hydrogen-bond donors (Lipinski definition) is 3. The quantitative estimate of drug-likeness (QED) is 0.363. The van der Waals surface area contributed by atoms with Gasteiger partial charge in [-0.25, -0.2) is 14.4 Å². The van der Waals surface area contributed by atoms with Crippen LogP contribution in [0.5, 0.6) is 11.5 Å². The molecule has 3 rings (SSSR count). The number of amides is 4. The van der Waals surface area contributed by atoms with E-state index in [1.807, 2.05) is 20.8 Å². The summed E-state index contributed by atoms with van der Waals surface area (Å²) in [6.07, 6.45) is 0.745. The first kappa shape index (κ1) is 28.4. The lowest BCUT2D eigenvalue weighted by molar-refractivity contribution is -0.140. The molecule has 0 spiro atoms. The van der Waals surface area contributed by atoms with Gasteiger partial charge in [-0.1, -0.05) is 32.9 Å². The van der Waals surface area contributed by atoms with Crippen LogP contribution in [0.15, 0.2) is 53.7 Å². The zero-order valence-corrected chi connectivity index (χ0v) is 22.7. The van der Waals surface area contributed by atoms with Crippen molar-refractivity contribution in [3.05, 3.63) is 59.3 Å². The molecular formula is C28H36N4O6. The molecule has 0 saturated carbocycles. The number of carbonyl (C=O) groups is 3. The molecule has 204 valence electrons. The van der Waals surface area contributed by atoms with Gasteiger partial charge in [0.25, 0.3) is 0 Å². The van der Waals surface area contributed by atoms with Crippen LogP contribution in [0.3, 0.4) is 0 Å². The normalized spacial score (nSPS) is 15.2. The van der Waals surface area contributed by atoms with E-state index < -0.39 is 18.0 Å². The van der Waals surface area contributed by atoms with Crippen LogP contribution in [-0.2, 0) is 9.53 Å². The number of anilines is 2. The number of benzene rings is 2. The molecule has 0 saturated heterocycles. The van der Waals surface area contributed by atoms with Crippen molar-refractivity contribution in [3.8, 4) is 11.5 Å². The van der Waals surface area contributed by atoms with Gasteiger partial charge in [-0.05, 0) is 37.0 Å². The number of urea groups is 2. The van der Waals surface area contributed by atoms with Crippen molar-refractivity contribution in [3.63, 3.8) is 0 Å². The Morgan fingerprint density at radius 2 is 1.61 bits per heavy atom. The summed E-state index contributed by atoms with van der Waals surface area (Å²) in [6, 6.07) is 10.6. The minimum Gasteiger partial charge on any atom is -0.497 e. The molecule has 0 radical (unpaired) electrons. The summed E-state index contributed by atoms with van der Waals surface area (Å²) in [4.78, 5) is 40.1. The van der Waals surface area contributed by atoms with Crippen molar-refractivity contribution >= 4 is 29.4 Å². The maximum atomic E-state index is 13.1. The Hall–Kier alpha value is -4.21. The fraction of sp³-hybridized carbons (Fsp3) is 0.393. The third kappa shape index (κ3) is 6.96. The molecule has 2 aromatic carbocycles. The van der Waals surface area contributed by atoms with Gasteiger partial charge >= 0.3 is 18.0 Å². The molecule has 1 heterocycles. The van der Waals surface area contributed by atoms with Crippen LogP contribution in [-0.4, -0.2) is 50.3 Å².